The van der Waals surface area contributed by atoms with Crippen LogP contribution in [-0.2, 0) is 14.3 Å². The van der Waals surface area contributed by atoms with Gasteiger partial charge in [0, 0.05) is 35.1 Å². The number of benzene rings is 2. The summed E-state index contributed by atoms with van der Waals surface area (Å²) >= 11 is 5.92. The number of ether oxygens (including phenoxy) is 1. The van der Waals surface area contributed by atoms with Crippen LogP contribution in [0.2, 0.25) is 5.02 Å². The van der Waals surface area contributed by atoms with E-state index in [-0.39, 0.29) is 41.8 Å². The summed E-state index contributed by atoms with van der Waals surface area (Å²) in [6.45, 7) is 6.81. The fourth-order valence-electron chi connectivity index (χ4n) is 3.98. The zero-order valence-corrected chi connectivity index (χ0v) is 27.0. The third kappa shape index (κ3) is 10.3. The predicted octanol–water partition coefficient (Wildman–Crippen LogP) is 5.15. The largest absolute Gasteiger partial charge is 0.505 e. The molecule has 2 aromatic heterocycles. The molecule has 2 heterocycles. The lowest BCUT2D eigenvalue weighted by Gasteiger charge is -2.20. The minimum Gasteiger partial charge on any atom is -0.505 e. The summed E-state index contributed by atoms with van der Waals surface area (Å²) in [6, 6.07) is 17.6. The normalized spacial score (nSPS) is 10.7. The van der Waals surface area contributed by atoms with Crippen molar-refractivity contribution in [1.82, 2.24) is 20.6 Å². The Morgan fingerprint density at radius 3 is 1.94 bits per heavy atom. The van der Waals surface area contributed by atoms with E-state index in [0.29, 0.717) is 17.2 Å². The molecule has 246 valence electrons. The first-order valence-electron chi connectivity index (χ1n) is 14.4. The van der Waals surface area contributed by atoms with E-state index in [9.17, 15) is 29.4 Å². The molecule has 0 aliphatic carbocycles. The highest BCUT2D eigenvalue weighted by Crippen LogP contribution is 2.27. The first-order chi connectivity index (χ1) is 22.2. The maximum atomic E-state index is 12.1. The van der Waals surface area contributed by atoms with Crippen molar-refractivity contribution < 1.29 is 39.2 Å². The summed E-state index contributed by atoms with van der Waals surface area (Å²) in [5, 5.41) is 34.5. The molecule has 0 fully saturated rings. The number of carboxylic acid groups (broad SMARTS) is 1. The maximum absolute atomic E-state index is 12.1. The van der Waals surface area contributed by atoms with Crippen LogP contribution in [0.15, 0.2) is 73.1 Å². The van der Waals surface area contributed by atoms with E-state index in [0.717, 1.165) is 22.3 Å². The molecule has 47 heavy (non-hydrogen) atoms. The Kier molecular flexibility index (Phi) is 12.4. The number of amides is 2. The summed E-state index contributed by atoms with van der Waals surface area (Å²) in [6.07, 6.45) is 3.01. The van der Waals surface area contributed by atoms with Gasteiger partial charge in [-0.1, -0.05) is 53.6 Å². The van der Waals surface area contributed by atoms with Gasteiger partial charge in [-0.15, -0.1) is 0 Å². The third-order valence-corrected chi connectivity index (χ3v) is 6.82. The van der Waals surface area contributed by atoms with Gasteiger partial charge in [-0.25, -0.2) is 14.8 Å². The molecule has 0 spiro atoms. The molecule has 12 nitrogen and oxygen atoms in total. The number of pyridine rings is 2. The van der Waals surface area contributed by atoms with Crippen LogP contribution in [0.3, 0.4) is 0 Å². The van der Waals surface area contributed by atoms with Crippen LogP contribution in [0, 0.1) is 6.92 Å². The fraction of sp³-hybridized carbons (Fsp3) is 0.235. The molecule has 0 saturated carbocycles. The standard InChI is InChI=1S/C18H20N2O4.C16H15ClN2O4/c1-3-24-16(22)8-9-19-18(23)17-15(21)10-14(11-20-17)13-6-4-12(2)5-7-13;1-16(2,15(22)23)19-14(21)13-12(20)7-10(8-18-13)9-4-3-5-11(17)6-9/h4-7,10-11,21H,3,8-9H2,1-2H3,(H,19,23);3-8,20H,1-2H3,(H,19,21)(H,22,23). The second-order valence-electron chi connectivity index (χ2n) is 10.8. The summed E-state index contributed by atoms with van der Waals surface area (Å²) < 4.78 is 4.77. The summed E-state index contributed by atoms with van der Waals surface area (Å²) in [4.78, 5) is 54.3. The number of hydrogen-bond acceptors (Lipinski definition) is 9. The summed E-state index contributed by atoms with van der Waals surface area (Å²) in [5.74, 6) is -3.44. The van der Waals surface area contributed by atoms with Crippen LogP contribution in [0.25, 0.3) is 22.3 Å². The van der Waals surface area contributed by atoms with E-state index >= 15 is 0 Å². The number of rotatable bonds is 10. The minimum absolute atomic E-state index is 0.0712. The van der Waals surface area contributed by atoms with Gasteiger partial charge in [-0.2, -0.15) is 0 Å². The van der Waals surface area contributed by atoms with Gasteiger partial charge in [-0.05, 0) is 63.1 Å². The van der Waals surface area contributed by atoms with E-state index in [1.807, 2.05) is 31.2 Å². The van der Waals surface area contributed by atoms with Gasteiger partial charge >= 0.3 is 11.9 Å². The lowest BCUT2D eigenvalue weighted by molar-refractivity contribution is -0.143. The van der Waals surface area contributed by atoms with E-state index < -0.39 is 23.3 Å². The number of carboxylic acids is 1. The number of carbonyl (C=O) groups is 4. The molecular weight excluding hydrogens is 628 g/mol. The minimum atomic E-state index is -1.48. The van der Waals surface area contributed by atoms with Crippen LogP contribution in [0.4, 0.5) is 0 Å². The second-order valence-corrected chi connectivity index (χ2v) is 11.2. The average Bonchev–Trinajstić information content (AvgIpc) is 3.01. The molecule has 4 aromatic rings. The zero-order valence-electron chi connectivity index (χ0n) is 26.2. The van der Waals surface area contributed by atoms with E-state index in [2.05, 4.69) is 20.6 Å². The highest BCUT2D eigenvalue weighted by Gasteiger charge is 2.30. The van der Waals surface area contributed by atoms with Crippen LogP contribution in [0.1, 0.15) is 53.7 Å². The highest BCUT2D eigenvalue weighted by molar-refractivity contribution is 6.30. The molecule has 13 heteroatoms. The van der Waals surface area contributed by atoms with Gasteiger partial charge in [0.2, 0.25) is 0 Å². The Bertz CT molecular complexity index is 1760. The first kappa shape index (κ1) is 36.0. The number of carbonyl (C=O) groups excluding carboxylic acids is 3. The topological polar surface area (TPSA) is 188 Å². The Labute approximate surface area is 276 Å². The number of nitrogens with one attached hydrogen (secondary N) is 2. The molecule has 0 radical (unpaired) electrons. The number of halogens is 1. The molecule has 5 N–H and O–H groups in total. The van der Waals surface area contributed by atoms with E-state index in [1.54, 1.807) is 31.2 Å². The second kappa shape index (κ2) is 16.2. The highest BCUT2D eigenvalue weighted by atomic mass is 35.5. The lowest BCUT2D eigenvalue weighted by Crippen LogP contribution is -2.49. The Hall–Kier alpha value is -5.49. The fourth-order valence-corrected chi connectivity index (χ4v) is 4.17. The van der Waals surface area contributed by atoms with Crippen molar-refractivity contribution in [2.24, 2.45) is 0 Å². The lowest BCUT2D eigenvalue weighted by atomic mass is 10.0. The number of hydrogen-bond donors (Lipinski definition) is 5. The van der Waals surface area contributed by atoms with Crippen molar-refractivity contribution in [2.45, 2.75) is 39.7 Å². The SMILES string of the molecule is CC(C)(NC(=O)c1ncc(-c2cccc(Cl)c2)cc1O)C(=O)O.CCOC(=O)CCNC(=O)c1ncc(-c2ccc(C)cc2)cc1O. The van der Waals surface area contributed by atoms with E-state index in [1.165, 1.54) is 38.4 Å². The van der Waals surface area contributed by atoms with Gasteiger partial charge < -0.3 is 30.7 Å². The molecule has 0 bridgehead atoms. The van der Waals surface area contributed by atoms with Gasteiger partial charge in [-0.3, -0.25) is 14.4 Å². The third-order valence-electron chi connectivity index (χ3n) is 6.59. The molecule has 0 saturated heterocycles. The average molecular weight is 663 g/mol. The number of esters is 1. The van der Waals surface area contributed by atoms with Crippen LogP contribution in [0.5, 0.6) is 11.5 Å². The molecule has 4 rings (SSSR count). The van der Waals surface area contributed by atoms with Gasteiger partial charge in [0.1, 0.15) is 17.0 Å². The molecular formula is C34H35ClN4O8. The predicted molar refractivity (Wildman–Crippen MR) is 175 cm³/mol. The number of aryl methyl sites for hydroxylation is 1. The Morgan fingerprint density at radius 1 is 0.830 bits per heavy atom. The first-order valence-corrected chi connectivity index (χ1v) is 14.8. The smallest absolute Gasteiger partial charge is 0.328 e. The molecule has 2 amide bonds. The van der Waals surface area contributed by atoms with Crippen LogP contribution in [-0.4, -0.2) is 67.7 Å². The van der Waals surface area contributed by atoms with Gasteiger partial charge in [0.25, 0.3) is 11.8 Å². The number of aromatic nitrogens is 2. The molecule has 0 atom stereocenters. The zero-order chi connectivity index (χ0) is 34.7. The van der Waals surface area contributed by atoms with Crippen molar-refractivity contribution in [1.29, 1.82) is 0 Å². The van der Waals surface area contributed by atoms with E-state index in [4.69, 9.17) is 21.4 Å². The number of aliphatic carboxylic acids is 1. The van der Waals surface area contributed by atoms with Crippen LogP contribution >= 0.6 is 11.6 Å². The molecule has 0 aliphatic rings. The van der Waals surface area contributed by atoms with Crippen molar-refractivity contribution in [3.63, 3.8) is 0 Å². The van der Waals surface area contributed by atoms with Crippen molar-refractivity contribution in [3.05, 3.63) is 95.0 Å². The molecule has 0 unspecified atom stereocenters. The molecule has 2 aromatic carbocycles. The van der Waals surface area contributed by atoms with Crippen molar-refractivity contribution >= 4 is 35.4 Å². The number of aromatic hydroxyl groups is 2. The maximum Gasteiger partial charge on any atom is 0.328 e. The van der Waals surface area contributed by atoms with Crippen molar-refractivity contribution in [2.75, 3.05) is 13.2 Å². The van der Waals surface area contributed by atoms with Gasteiger partial charge in [0.05, 0.1) is 13.0 Å². The Balaban J connectivity index is 0.000000256. The van der Waals surface area contributed by atoms with Crippen molar-refractivity contribution in [3.8, 4) is 33.8 Å². The summed E-state index contributed by atoms with van der Waals surface area (Å²) in [7, 11) is 0. The monoisotopic (exact) mass is 662 g/mol. The number of nitrogens with zero attached hydrogens (tertiary/aromatic N) is 2. The quantitative estimate of drug-likeness (QED) is 0.142. The van der Waals surface area contributed by atoms with Gasteiger partial charge in [0.15, 0.2) is 11.4 Å². The van der Waals surface area contributed by atoms with Crippen LogP contribution < -0.4 is 10.6 Å². The summed E-state index contributed by atoms with van der Waals surface area (Å²) in [5.41, 5.74) is 2.27. The molecule has 0 aliphatic heterocycles. The Morgan fingerprint density at radius 2 is 1.40 bits per heavy atom.